The Kier molecular flexibility index (Phi) is 4.20. The lowest BCUT2D eigenvalue weighted by molar-refractivity contribution is -0.135. The molecule has 2 aromatic rings. The molecule has 1 aliphatic carbocycles. The summed E-state index contributed by atoms with van der Waals surface area (Å²) >= 11 is 0. The van der Waals surface area contributed by atoms with E-state index in [-0.39, 0.29) is 12.5 Å². The maximum atomic E-state index is 12.5. The topological polar surface area (TPSA) is 40.5 Å². The number of hydrogen-bond acceptors (Lipinski definition) is 2. The lowest BCUT2D eigenvalue weighted by atomic mass is 9.91. The van der Waals surface area contributed by atoms with Gasteiger partial charge in [0.15, 0.2) is 0 Å². The number of amides is 1. The fourth-order valence-corrected chi connectivity index (χ4v) is 2.94. The van der Waals surface area contributed by atoms with Gasteiger partial charge in [-0.2, -0.15) is 0 Å². The summed E-state index contributed by atoms with van der Waals surface area (Å²) in [5, 5.41) is 11.5. The molecule has 0 aliphatic heterocycles. The van der Waals surface area contributed by atoms with Crippen molar-refractivity contribution in [1.29, 1.82) is 0 Å². The number of benzene rings is 2. The molecule has 0 bridgehead atoms. The van der Waals surface area contributed by atoms with Crippen LogP contribution in [0.2, 0.25) is 0 Å². The molecular weight excluding hydrogens is 262 g/mol. The normalized spacial score (nSPS) is 14.9. The highest BCUT2D eigenvalue weighted by atomic mass is 16.3. The minimum atomic E-state index is 0.0416. The van der Waals surface area contributed by atoms with Crippen LogP contribution in [0, 0.1) is 0 Å². The maximum absolute atomic E-state index is 12.5. The number of carbonyl (C=O) groups excluding carboxylic acids is 1. The lowest BCUT2D eigenvalue weighted by Crippen LogP contribution is -2.46. The Hall–Kier alpha value is -1.87. The largest absolute Gasteiger partial charge is 0.395 e. The van der Waals surface area contributed by atoms with Gasteiger partial charge in [0, 0.05) is 12.6 Å². The Labute approximate surface area is 125 Å². The standard InChI is InChI=1S/C18H21NO2/c20-11-10-19(17-6-3-7-17)18(21)13-14-8-9-15-4-1-2-5-16(15)12-14/h1-2,4-5,8-9,12,17,20H,3,6-7,10-11,13H2. The van der Waals surface area contributed by atoms with E-state index in [4.69, 9.17) is 5.11 Å². The first-order chi connectivity index (χ1) is 10.3. The van der Waals surface area contributed by atoms with Gasteiger partial charge >= 0.3 is 0 Å². The molecule has 110 valence electrons. The molecule has 3 heteroatoms. The summed E-state index contributed by atoms with van der Waals surface area (Å²) < 4.78 is 0. The van der Waals surface area contributed by atoms with Crippen LogP contribution in [-0.4, -0.2) is 35.1 Å². The number of carbonyl (C=O) groups is 1. The quantitative estimate of drug-likeness (QED) is 0.916. The summed E-state index contributed by atoms with van der Waals surface area (Å²) in [6.07, 6.45) is 3.75. The number of aliphatic hydroxyl groups is 1. The van der Waals surface area contributed by atoms with Crippen LogP contribution in [0.1, 0.15) is 24.8 Å². The van der Waals surface area contributed by atoms with E-state index in [0.29, 0.717) is 19.0 Å². The average molecular weight is 283 g/mol. The Balaban J connectivity index is 1.74. The Morgan fingerprint density at radius 2 is 1.90 bits per heavy atom. The van der Waals surface area contributed by atoms with Crippen LogP contribution in [0.25, 0.3) is 10.8 Å². The van der Waals surface area contributed by atoms with E-state index in [0.717, 1.165) is 18.4 Å². The second-order valence-corrected chi connectivity index (χ2v) is 5.75. The monoisotopic (exact) mass is 283 g/mol. The van der Waals surface area contributed by atoms with Crippen molar-refractivity contribution in [3.63, 3.8) is 0 Å². The molecule has 1 aliphatic rings. The van der Waals surface area contributed by atoms with Crippen molar-refractivity contribution < 1.29 is 9.90 Å². The van der Waals surface area contributed by atoms with Crippen molar-refractivity contribution in [1.82, 2.24) is 4.90 Å². The molecule has 1 saturated carbocycles. The molecule has 0 spiro atoms. The molecule has 0 saturated heterocycles. The molecular formula is C18H21NO2. The Bertz CT molecular complexity index is 634. The summed E-state index contributed by atoms with van der Waals surface area (Å²) in [6.45, 7) is 0.497. The average Bonchev–Trinajstić information content (AvgIpc) is 2.45. The SMILES string of the molecule is O=C(Cc1ccc2ccccc2c1)N(CCO)C1CCC1. The number of aliphatic hydroxyl groups excluding tert-OH is 1. The molecule has 1 N–H and O–H groups in total. The van der Waals surface area contributed by atoms with Crippen LogP contribution < -0.4 is 0 Å². The molecule has 0 unspecified atom stereocenters. The van der Waals surface area contributed by atoms with Gasteiger partial charge in [0.2, 0.25) is 5.91 Å². The maximum Gasteiger partial charge on any atom is 0.227 e. The Morgan fingerprint density at radius 3 is 2.57 bits per heavy atom. The van der Waals surface area contributed by atoms with Crippen LogP contribution in [0.3, 0.4) is 0 Å². The highest BCUT2D eigenvalue weighted by molar-refractivity contribution is 5.85. The zero-order valence-corrected chi connectivity index (χ0v) is 12.2. The molecule has 2 aromatic carbocycles. The smallest absolute Gasteiger partial charge is 0.227 e. The third kappa shape index (κ3) is 3.08. The summed E-state index contributed by atoms with van der Waals surface area (Å²) in [7, 11) is 0. The third-order valence-electron chi connectivity index (χ3n) is 4.35. The van der Waals surface area contributed by atoms with Crippen molar-refractivity contribution in [2.75, 3.05) is 13.2 Å². The zero-order chi connectivity index (χ0) is 14.7. The van der Waals surface area contributed by atoms with E-state index < -0.39 is 0 Å². The highest BCUT2D eigenvalue weighted by Gasteiger charge is 2.28. The number of rotatable bonds is 5. The van der Waals surface area contributed by atoms with Crippen molar-refractivity contribution >= 4 is 16.7 Å². The van der Waals surface area contributed by atoms with Gasteiger partial charge in [-0.05, 0) is 35.6 Å². The molecule has 3 rings (SSSR count). The van der Waals surface area contributed by atoms with E-state index >= 15 is 0 Å². The predicted octanol–water partition coefficient (Wildman–Crippen LogP) is 2.76. The molecule has 1 fully saturated rings. The fraction of sp³-hybridized carbons (Fsp3) is 0.389. The molecule has 3 nitrogen and oxygen atoms in total. The predicted molar refractivity (Wildman–Crippen MR) is 84.1 cm³/mol. The minimum Gasteiger partial charge on any atom is -0.395 e. The minimum absolute atomic E-state index is 0.0416. The van der Waals surface area contributed by atoms with E-state index in [2.05, 4.69) is 24.3 Å². The zero-order valence-electron chi connectivity index (χ0n) is 12.2. The molecule has 1 amide bonds. The highest BCUT2D eigenvalue weighted by Crippen LogP contribution is 2.25. The van der Waals surface area contributed by atoms with Gasteiger partial charge in [0.25, 0.3) is 0 Å². The van der Waals surface area contributed by atoms with Gasteiger partial charge in [-0.3, -0.25) is 4.79 Å². The summed E-state index contributed by atoms with van der Waals surface area (Å²) in [4.78, 5) is 14.3. The van der Waals surface area contributed by atoms with Gasteiger partial charge < -0.3 is 10.0 Å². The van der Waals surface area contributed by atoms with E-state index in [1.165, 1.54) is 17.2 Å². The molecule has 0 radical (unpaired) electrons. The summed E-state index contributed by atoms with van der Waals surface area (Å²) in [5.74, 6) is 0.129. The van der Waals surface area contributed by atoms with Gasteiger partial charge in [-0.15, -0.1) is 0 Å². The molecule has 0 heterocycles. The number of nitrogens with zero attached hydrogens (tertiary/aromatic N) is 1. The molecule has 0 atom stereocenters. The van der Waals surface area contributed by atoms with Gasteiger partial charge in [0.1, 0.15) is 0 Å². The van der Waals surface area contributed by atoms with Crippen LogP contribution in [-0.2, 0) is 11.2 Å². The second kappa shape index (κ2) is 6.27. The fourth-order valence-electron chi connectivity index (χ4n) is 2.94. The van der Waals surface area contributed by atoms with Gasteiger partial charge in [0.05, 0.1) is 13.0 Å². The van der Waals surface area contributed by atoms with E-state index in [9.17, 15) is 4.79 Å². The first-order valence-electron chi connectivity index (χ1n) is 7.66. The number of fused-ring (bicyclic) bond motifs is 1. The first kappa shape index (κ1) is 14.1. The van der Waals surface area contributed by atoms with Crippen LogP contribution in [0.4, 0.5) is 0 Å². The van der Waals surface area contributed by atoms with Crippen molar-refractivity contribution in [3.8, 4) is 0 Å². The first-order valence-corrected chi connectivity index (χ1v) is 7.66. The second-order valence-electron chi connectivity index (χ2n) is 5.75. The third-order valence-corrected chi connectivity index (χ3v) is 4.35. The van der Waals surface area contributed by atoms with Gasteiger partial charge in [-0.1, -0.05) is 42.5 Å². The number of hydrogen-bond donors (Lipinski definition) is 1. The van der Waals surface area contributed by atoms with E-state index in [1.807, 2.05) is 23.1 Å². The van der Waals surface area contributed by atoms with Crippen LogP contribution in [0.5, 0.6) is 0 Å². The van der Waals surface area contributed by atoms with Crippen molar-refractivity contribution in [3.05, 3.63) is 48.0 Å². The molecule has 0 aromatic heterocycles. The lowest BCUT2D eigenvalue weighted by Gasteiger charge is -2.37. The summed E-state index contributed by atoms with van der Waals surface area (Å²) in [6, 6.07) is 14.7. The van der Waals surface area contributed by atoms with Crippen LogP contribution in [0.15, 0.2) is 42.5 Å². The summed E-state index contributed by atoms with van der Waals surface area (Å²) in [5.41, 5.74) is 1.04. The van der Waals surface area contributed by atoms with Gasteiger partial charge in [-0.25, -0.2) is 0 Å². The van der Waals surface area contributed by atoms with Crippen molar-refractivity contribution in [2.45, 2.75) is 31.7 Å². The van der Waals surface area contributed by atoms with E-state index in [1.54, 1.807) is 0 Å². The van der Waals surface area contributed by atoms with Crippen molar-refractivity contribution in [2.24, 2.45) is 0 Å². The van der Waals surface area contributed by atoms with Crippen LogP contribution >= 0.6 is 0 Å². The Morgan fingerprint density at radius 1 is 1.14 bits per heavy atom. The molecule has 21 heavy (non-hydrogen) atoms.